The number of hydrogen-bond donors (Lipinski definition) is 1. The summed E-state index contributed by atoms with van der Waals surface area (Å²) >= 11 is 0. The molecule has 0 aromatic carbocycles. The molecule has 2 N–H and O–H groups in total. The molecule has 0 aliphatic carbocycles. The Labute approximate surface area is 52.0 Å². The number of ether oxygens (including phenoxy) is 1. The second kappa shape index (κ2) is 3.50. The summed E-state index contributed by atoms with van der Waals surface area (Å²) in [6.45, 7) is 0. The van der Waals surface area contributed by atoms with Crippen LogP contribution in [0.2, 0.25) is 0 Å². The Kier molecular flexibility index (Phi) is 2.91. The van der Waals surface area contributed by atoms with Crippen LogP contribution in [0.15, 0.2) is 0 Å². The van der Waals surface area contributed by atoms with Gasteiger partial charge in [-0.25, -0.2) is 4.79 Å². The van der Waals surface area contributed by atoms with Crippen molar-refractivity contribution in [1.29, 1.82) is 0 Å². The lowest BCUT2D eigenvalue weighted by molar-refractivity contribution is -0.133. The molecule has 0 aliphatic rings. The second-order valence-corrected chi connectivity index (χ2v) is 1.11. The topological polar surface area (TPSA) is 69.4 Å². The maximum Gasteiger partial charge on any atom is 0.384 e. The van der Waals surface area contributed by atoms with Gasteiger partial charge in [-0.2, -0.15) is 0 Å². The molecule has 0 rings (SSSR count). The van der Waals surface area contributed by atoms with Crippen molar-refractivity contribution in [3.05, 3.63) is 0 Å². The summed E-state index contributed by atoms with van der Waals surface area (Å²) in [7, 11) is 1.16. The number of esters is 1. The number of carbonyl (C=O) groups is 2. The van der Waals surface area contributed by atoms with E-state index in [9.17, 15) is 9.59 Å². The molecule has 0 aliphatic heterocycles. The van der Waals surface area contributed by atoms with Crippen LogP contribution in [0.5, 0.6) is 0 Å². The number of methoxy groups -OCH3 is 1. The Morgan fingerprint density at radius 2 is 2.00 bits per heavy atom. The molecule has 1 amide bonds. The van der Waals surface area contributed by atoms with Crippen LogP contribution in [-0.4, -0.2) is 19.0 Å². The first-order valence-electron chi connectivity index (χ1n) is 2.06. The van der Waals surface area contributed by atoms with Crippen molar-refractivity contribution in [2.45, 2.75) is 0 Å². The monoisotopic (exact) mass is 127 g/mol. The van der Waals surface area contributed by atoms with Gasteiger partial charge in [0.15, 0.2) is 0 Å². The summed E-state index contributed by atoms with van der Waals surface area (Å²) in [6, 6.07) is 0. The van der Waals surface area contributed by atoms with Crippen LogP contribution in [0, 0.1) is 11.8 Å². The predicted octanol–water partition coefficient (Wildman–Crippen LogP) is -1.35. The molecule has 48 valence electrons. The first kappa shape index (κ1) is 7.50. The summed E-state index contributed by atoms with van der Waals surface area (Å²) in [5, 5.41) is 0. The predicted molar refractivity (Wildman–Crippen MR) is 29.0 cm³/mol. The lowest BCUT2D eigenvalue weighted by atomic mass is 10.5. The molecule has 9 heavy (non-hydrogen) atoms. The van der Waals surface area contributed by atoms with Crippen LogP contribution >= 0.6 is 0 Å². The lowest BCUT2D eigenvalue weighted by Gasteiger charge is -1.81. The largest absolute Gasteiger partial charge is 0.459 e. The minimum Gasteiger partial charge on any atom is -0.459 e. The maximum absolute atomic E-state index is 10.1. The third-order valence-corrected chi connectivity index (χ3v) is 0.473. The van der Waals surface area contributed by atoms with Gasteiger partial charge in [0.05, 0.1) is 7.11 Å². The number of hydrogen-bond acceptors (Lipinski definition) is 3. The molecule has 0 heterocycles. The molecule has 0 saturated heterocycles. The highest BCUT2D eigenvalue weighted by molar-refractivity contribution is 5.99. The van der Waals surface area contributed by atoms with E-state index in [2.05, 4.69) is 10.5 Å². The summed E-state index contributed by atoms with van der Waals surface area (Å²) in [5.41, 5.74) is 4.58. The van der Waals surface area contributed by atoms with Gasteiger partial charge < -0.3 is 10.5 Å². The molecular weight excluding hydrogens is 122 g/mol. The molecule has 4 heteroatoms. The Morgan fingerprint density at radius 3 is 2.33 bits per heavy atom. The average Bonchev–Trinajstić information content (AvgIpc) is 1.83. The zero-order valence-electron chi connectivity index (χ0n) is 4.80. The standard InChI is InChI=1S/C5H5NO3/c1-9-5(8)3-2-4(6)7/h1H3,(H2,6,7). The van der Waals surface area contributed by atoms with Crippen LogP contribution in [0.3, 0.4) is 0 Å². The minimum absolute atomic E-state index is 0.770. The number of carbonyl (C=O) groups excluding carboxylic acids is 2. The van der Waals surface area contributed by atoms with E-state index in [0.717, 1.165) is 7.11 Å². The quantitative estimate of drug-likeness (QED) is 0.248. The van der Waals surface area contributed by atoms with E-state index in [-0.39, 0.29) is 0 Å². The fraction of sp³-hybridized carbons (Fsp3) is 0.200. The van der Waals surface area contributed by atoms with Crippen LogP contribution in [-0.2, 0) is 14.3 Å². The van der Waals surface area contributed by atoms with Gasteiger partial charge in [0.2, 0.25) is 0 Å². The van der Waals surface area contributed by atoms with Gasteiger partial charge in [-0.05, 0) is 0 Å². The van der Waals surface area contributed by atoms with Gasteiger partial charge in [-0.1, -0.05) is 0 Å². The number of primary amides is 1. The Hall–Kier alpha value is -1.50. The molecule has 0 unspecified atom stereocenters. The highest BCUT2D eigenvalue weighted by Gasteiger charge is 1.89. The highest BCUT2D eigenvalue weighted by atomic mass is 16.5. The average molecular weight is 127 g/mol. The maximum atomic E-state index is 10.1. The van der Waals surface area contributed by atoms with Crippen LogP contribution in [0.4, 0.5) is 0 Å². The second-order valence-electron chi connectivity index (χ2n) is 1.11. The van der Waals surface area contributed by atoms with E-state index < -0.39 is 11.9 Å². The van der Waals surface area contributed by atoms with E-state index in [0.29, 0.717) is 0 Å². The van der Waals surface area contributed by atoms with E-state index in [1.165, 1.54) is 0 Å². The molecule has 0 radical (unpaired) electrons. The van der Waals surface area contributed by atoms with Crippen LogP contribution in [0.25, 0.3) is 0 Å². The molecule has 0 bridgehead atoms. The zero-order valence-corrected chi connectivity index (χ0v) is 4.80. The van der Waals surface area contributed by atoms with Gasteiger partial charge in [-0.15, -0.1) is 0 Å². The SMILES string of the molecule is COC(=O)C#CC(N)=O. The third kappa shape index (κ3) is 4.35. The Bertz CT molecular complexity index is 186. The van der Waals surface area contributed by atoms with Crippen molar-refractivity contribution in [2.24, 2.45) is 5.73 Å². The van der Waals surface area contributed by atoms with Crippen molar-refractivity contribution in [1.82, 2.24) is 0 Å². The molecule has 0 aromatic heterocycles. The molecule has 0 fully saturated rings. The van der Waals surface area contributed by atoms with Gasteiger partial charge in [-0.3, -0.25) is 4.79 Å². The highest BCUT2D eigenvalue weighted by Crippen LogP contribution is 1.65. The van der Waals surface area contributed by atoms with Crippen LogP contribution in [0.1, 0.15) is 0 Å². The molecule has 0 atom stereocenters. The van der Waals surface area contributed by atoms with Crippen molar-refractivity contribution < 1.29 is 14.3 Å². The van der Waals surface area contributed by atoms with E-state index in [4.69, 9.17) is 0 Å². The molecule has 4 nitrogen and oxygen atoms in total. The minimum atomic E-state index is -0.847. The summed E-state index contributed by atoms with van der Waals surface area (Å²) in [6.07, 6.45) is 0. The first-order valence-corrected chi connectivity index (χ1v) is 2.06. The Balaban J connectivity index is 3.88. The summed E-state index contributed by atoms with van der Waals surface area (Å²) < 4.78 is 4.08. The van der Waals surface area contributed by atoms with Gasteiger partial charge >= 0.3 is 5.97 Å². The third-order valence-electron chi connectivity index (χ3n) is 0.473. The van der Waals surface area contributed by atoms with Gasteiger partial charge in [0, 0.05) is 11.8 Å². The van der Waals surface area contributed by atoms with E-state index in [1.54, 1.807) is 0 Å². The van der Waals surface area contributed by atoms with Gasteiger partial charge in [0.1, 0.15) is 0 Å². The van der Waals surface area contributed by atoms with Crippen LogP contribution < -0.4 is 5.73 Å². The van der Waals surface area contributed by atoms with E-state index >= 15 is 0 Å². The molecule has 0 aromatic rings. The molecule has 0 saturated carbocycles. The number of amides is 1. The normalized spacial score (nSPS) is 6.78. The van der Waals surface area contributed by atoms with Gasteiger partial charge in [0.25, 0.3) is 5.91 Å². The van der Waals surface area contributed by atoms with Crippen molar-refractivity contribution in [3.63, 3.8) is 0 Å². The fourth-order valence-electron chi connectivity index (χ4n) is 0.164. The zero-order chi connectivity index (χ0) is 7.28. The smallest absolute Gasteiger partial charge is 0.384 e. The molecular formula is C5H5NO3. The van der Waals surface area contributed by atoms with E-state index in [1.807, 2.05) is 11.8 Å². The number of rotatable bonds is 0. The lowest BCUT2D eigenvalue weighted by Crippen LogP contribution is -2.07. The van der Waals surface area contributed by atoms with Crippen molar-refractivity contribution in [3.8, 4) is 11.8 Å². The number of nitrogens with two attached hydrogens (primary N) is 1. The van der Waals surface area contributed by atoms with Crippen molar-refractivity contribution in [2.75, 3.05) is 7.11 Å². The Morgan fingerprint density at radius 1 is 1.44 bits per heavy atom. The summed E-state index contributed by atoms with van der Waals surface area (Å²) in [5.74, 6) is 2.04. The molecule has 0 spiro atoms. The van der Waals surface area contributed by atoms with Crippen molar-refractivity contribution >= 4 is 11.9 Å². The first-order chi connectivity index (χ1) is 4.16. The fourth-order valence-corrected chi connectivity index (χ4v) is 0.164. The summed E-state index contributed by atoms with van der Waals surface area (Å²) in [4.78, 5) is 20.0.